The minimum atomic E-state index is -4.03. The van der Waals surface area contributed by atoms with Crippen LogP contribution in [0.3, 0.4) is 0 Å². The molecule has 0 aliphatic heterocycles. The monoisotopic (exact) mass is 487 g/mol. The average Bonchev–Trinajstić information content (AvgIpc) is 2.79. The molecule has 0 fully saturated rings. The van der Waals surface area contributed by atoms with E-state index in [1.165, 1.54) is 12.1 Å². The second kappa shape index (κ2) is 10.4. The van der Waals surface area contributed by atoms with Gasteiger partial charge in [-0.25, -0.2) is 8.42 Å². The maximum absolute atomic E-state index is 12.9. The number of ether oxygens (including phenoxy) is 1. The molecule has 0 bridgehead atoms. The van der Waals surface area contributed by atoms with Gasteiger partial charge < -0.3 is 15.8 Å². The van der Waals surface area contributed by atoms with Crippen molar-refractivity contribution in [2.75, 3.05) is 11.3 Å². The number of anilines is 1. The number of primary amides is 1. The van der Waals surface area contributed by atoms with E-state index in [0.717, 1.165) is 6.07 Å². The number of amides is 2. The van der Waals surface area contributed by atoms with E-state index in [0.29, 0.717) is 23.6 Å². The normalized spacial score (nSPS) is 11.9. The number of halogens is 1. The molecule has 172 valence electrons. The molecule has 4 N–H and O–H groups in total. The molecule has 1 unspecified atom stereocenters. The van der Waals surface area contributed by atoms with Crippen LogP contribution >= 0.6 is 11.6 Å². The highest BCUT2D eigenvalue weighted by molar-refractivity contribution is 7.92. The van der Waals surface area contributed by atoms with Crippen LogP contribution in [0, 0.1) is 0 Å². The maximum Gasteiger partial charge on any atom is 0.261 e. The summed E-state index contributed by atoms with van der Waals surface area (Å²) < 4.78 is 33.5. The summed E-state index contributed by atoms with van der Waals surface area (Å²) in [6.07, 6.45) is 0. The number of benzene rings is 3. The summed E-state index contributed by atoms with van der Waals surface area (Å²) in [7, 11) is -4.03. The summed E-state index contributed by atoms with van der Waals surface area (Å²) in [4.78, 5) is 24.6. The van der Waals surface area contributed by atoms with Crippen LogP contribution in [0.1, 0.15) is 28.9 Å². The molecule has 0 spiro atoms. The maximum atomic E-state index is 12.9. The predicted molar refractivity (Wildman–Crippen MR) is 126 cm³/mol. The van der Waals surface area contributed by atoms with Crippen molar-refractivity contribution in [1.82, 2.24) is 5.32 Å². The van der Waals surface area contributed by atoms with E-state index < -0.39 is 27.9 Å². The van der Waals surface area contributed by atoms with Crippen molar-refractivity contribution < 1.29 is 22.7 Å². The Hall–Kier alpha value is -3.56. The molecule has 0 aromatic heterocycles. The molecule has 0 saturated carbocycles. The lowest BCUT2D eigenvalue weighted by Crippen LogP contribution is -2.37. The largest absolute Gasteiger partial charge is 0.494 e. The minimum absolute atomic E-state index is 0.0174. The number of hydrogen-bond acceptors (Lipinski definition) is 5. The van der Waals surface area contributed by atoms with Gasteiger partial charge in [0, 0.05) is 5.69 Å². The van der Waals surface area contributed by atoms with Crippen LogP contribution in [0.2, 0.25) is 5.02 Å². The van der Waals surface area contributed by atoms with Crippen LogP contribution in [-0.2, 0) is 14.8 Å². The summed E-state index contributed by atoms with van der Waals surface area (Å²) in [6.45, 7) is 2.33. The summed E-state index contributed by atoms with van der Waals surface area (Å²) in [5.74, 6) is -0.911. The Morgan fingerprint density at radius 3 is 2.30 bits per heavy atom. The second-order valence-corrected chi connectivity index (χ2v) is 9.01. The van der Waals surface area contributed by atoms with Gasteiger partial charge in [0.25, 0.3) is 15.9 Å². The smallest absolute Gasteiger partial charge is 0.261 e. The Bertz CT molecular complexity index is 1250. The van der Waals surface area contributed by atoms with Crippen molar-refractivity contribution in [3.63, 3.8) is 0 Å². The zero-order valence-corrected chi connectivity index (χ0v) is 19.2. The summed E-state index contributed by atoms with van der Waals surface area (Å²) in [5.41, 5.74) is 6.13. The fraction of sp³-hybridized carbons (Fsp3) is 0.130. The predicted octanol–water partition coefficient (Wildman–Crippen LogP) is 3.50. The first kappa shape index (κ1) is 24.1. The quantitative estimate of drug-likeness (QED) is 0.425. The zero-order valence-electron chi connectivity index (χ0n) is 17.6. The van der Waals surface area contributed by atoms with Gasteiger partial charge in [0.2, 0.25) is 5.91 Å². The first-order valence-corrected chi connectivity index (χ1v) is 11.8. The molecule has 2 amide bonds. The number of nitrogens with one attached hydrogen (secondary N) is 2. The summed E-state index contributed by atoms with van der Waals surface area (Å²) >= 11 is 6.15. The molecule has 0 aliphatic carbocycles. The summed E-state index contributed by atoms with van der Waals surface area (Å²) in [6, 6.07) is 17.4. The van der Waals surface area contributed by atoms with Gasteiger partial charge in [-0.15, -0.1) is 0 Å². The van der Waals surface area contributed by atoms with Crippen LogP contribution in [0.15, 0.2) is 77.7 Å². The molecule has 0 saturated heterocycles. The molecule has 3 aromatic rings. The molecule has 3 rings (SSSR count). The molecule has 0 aliphatic rings. The van der Waals surface area contributed by atoms with E-state index in [9.17, 15) is 18.0 Å². The summed E-state index contributed by atoms with van der Waals surface area (Å²) in [5, 5.41) is 2.53. The lowest BCUT2D eigenvalue weighted by atomic mass is 10.1. The van der Waals surface area contributed by atoms with Crippen LogP contribution in [0.25, 0.3) is 0 Å². The molecule has 0 heterocycles. The van der Waals surface area contributed by atoms with Gasteiger partial charge in [0.15, 0.2) is 0 Å². The Morgan fingerprint density at radius 2 is 1.70 bits per heavy atom. The van der Waals surface area contributed by atoms with Crippen molar-refractivity contribution in [1.29, 1.82) is 0 Å². The van der Waals surface area contributed by atoms with E-state index in [2.05, 4.69) is 10.0 Å². The standard InChI is InChI=1S/C23H22ClN3O5S/c1-2-32-17-10-8-16(9-11-17)27-33(30,31)18-12-13-20(24)19(14-18)23(29)26-21(22(25)28)15-6-4-3-5-7-15/h3-14,21,27H,2H2,1H3,(H2,25,28)(H,26,29). The van der Waals surface area contributed by atoms with Crippen LogP contribution in [-0.4, -0.2) is 26.8 Å². The highest BCUT2D eigenvalue weighted by atomic mass is 35.5. The molecule has 8 nitrogen and oxygen atoms in total. The zero-order chi connectivity index (χ0) is 24.0. The third-order valence-corrected chi connectivity index (χ3v) is 6.31. The van der Waals surface area contributed by atoms with Crippen molar-refractivity contribution in [3.8, 4) is 5.75 Å². The van der Waals surface area contributed by atoms with Gasteiger partial charge in [-0.05, 0) is 55.0 Å². The fourth-order valence-electron chi connectivity index (χ4n) is 3.02. The van der Waals surface area contributed by atoms with E-state index in [4.69, 9.17) is 22.1 Å². The molecule has 10 heteroatoms. The SMILES string of the molecule is CCOc1ccc(NS(=O)(=O)c2ccc(Cl)c(C(=O)NC(C(N)=O)c3ccccc3)c2)cc1. The van der Waals surface area contributed by atoms with Crippen molar-refractivity contribution in [2.24, 2.45) is 5.73 Å². The van der Waals surface area contributed by atoms with Crippen LogP contribution in [0.5, 0.6) is 5.75 Å². The molecule has 0 radical (unpaired) electrons. The van der Waals surface area contributed by atoms with Crippen LogP contribution < -0.4 is 20.5 Å². The first-order valence-electron chi connectivity index (χ1n) is 9.91. The molecular formula is C23H22ClN3O5S. The second-order valence-electron chi connectivity index (χ2n) is 6.92. The van der Waals surface area contributed by atoms with E-state index in [1.807, 2.05) is 6.92 Å². The number of carbonyl (C=O) groups is 2. The Morgan fingerprint density at radius 1 is 1.03 bits per heavy atom. The Labute approximate surface area is 196 Å². The van der Waals surface area contributed by atoms with Gasteiger partial charge in [-0.3, -0.25) is 14.3 Å². The topological polar surface area (TPSA) is 128 Å². The van der Waals surface area contributed by atoms with E-state index >= 15 is 0 Å². The van der Waals surface area contributed by atoms with Crippen molar-refractivity contribution in [2.45, 2.75) is 17.9 Å². The molecule has 33 heavy (non-hydrogen) atoms. The Balaban J connectivity index is 1.84. The number of sulfonamides is 1. The van der Waals surface area contributed by atoms with Gasteiger partial charge in [-0.1, -0.05) is 41.9 Å². The lowest BCUT2D eigenvalue weighted by molar-refractivity contribution is -0.120. The number of carbonyl (C=O) groups excluding carboxylic acids is 2. The van der Waals surface area contributed by atoms with Crippen molar-refractivity contribution >= 4 is 39.1 Å². The van der Waals surface area contributed by atoms with Crippen LogP contribution in [0.4, 0.5) is 5.69 Å². The third-order valence-electron chi connectivity index (χ3n) is 4.60. The van der Waals surface area contributed by atoms with E-state index in [1.54, 1.807) is 54.6 Å². The van der Waals surface area contributed by atoms with Gasteiger partial charge >= 0.3 is 0 Å². The lowest BCUT2D eigenvalue weighted by Gasteiger charge is -2.17. The number of nitrogens with two attached hydrogens (primary N) is 1. The van der Waals surface area contributed by atoms with Gasteiger partial charge in [0.05, 0.1) is 22.1 Å². The molecule has 1 atom stereocenters. The number of rotatable bonds is 9. The highest BCUT2D eigenvalue weighted by Gasteiger charge is 2.24. The highest BCUT2D eigenvalue weighted by Crippen LogP contribution is 2.24. The van der Waals surface area contributed by atoms with Gasteiger partial charge in [-0.2, -0.15) is 0 Å². The van der Waals surface area contributed by atoms with Crippen molar-refractivity contribution in [3.05, 3.63) is 88.9 Å². The first-order chi connectivity index (χ1) is 15.7. The fourth-order valence-corrected chi connectivity index (χ4v) is 4.31. The molecule has 3 aromatic carbocycles. The Kier molecular flexibility index (Phi) is 7.57. The number of hydrogen-bond donors (Lipinski definition) is 3. The minimum Gasteiger partial charge on any atom is -0.494 e. The molecular weight excluding hydrogens is 466 g/mol. The van der Waals surface area contributed by atoms with E-state index in [-0.39, 0.29) is 15.5 Å². The average molecular weight is 488 g/mol. The van der Waals surface area contributed by atoms with Gasteiger partial charge in [0.1, 0.15) is 11.8 Å². The third kappa shape index (κ3) is 6.03.